The van der Waals surface area contributed by atoms with Gasteiger partial charge in [-0.15, -0.1) is 0 Å². The highest BCUT2D eigenvalue weighted by atomic mass is 15.2. The highest BCUT2D eigenvalue weighted by molar-refractivity contribution is 6.30. The summed E-state index contributed by atoms with van der Waals surface area (Å²) in [5.41, 5.74) is 14.5. The Bertz CT molecular complexity index is 3360. The lowest BCUT2D eigenvalue weighted by Crippen LogP contribution is -2.15. The van der Waals surface area contributed by atoms with E-state index in [2.05, 4.69) is 98.2 Å². The molecule has 0 amide bonds. The van der Waals surface area contributed by atoms with Gasteiger partial charge in [0.15, 0.2) is 0 Å². The summed E-state index contributed by atoms with van der Waals surface area (Å²) in [6.45, 7) is 9.12. The van der Waals surface area contributed by atoms with Crippen LogP contribution in [0.15, 0.2) is 159 Å². The average Bonchev–Trinajstić information content (AvgIpc) is 3.34. The first-order valence-electron chi connectivity index (χ1n) is 21.6. The van der Waals surface area contributed by atoms with Crippen LogP contribution in [0.2, 0.25) is 0 Å². The third kappa shape index (κ3) is 5.72. The van der Waals surface area contributed by atoms with Gasteiger partial charge < -0.3 is 9.80 Å². The number of hydrogen-bond donors (Lipinski definition) is 0. The molecule has 0 aliphatic heterocycles. The monoisotopic (exact) mass is 828 g/mol. The molecule has 0 spiro atoms. The molecule has 4 aromatic carbocycles. The fourth-order valence-corrected chi connectivity index (χ4v) is 9.70. The maximum Gasteiger partial charge on any atom is 0.113 e. The molecule has 10 nitrogen and oxygen atoms in total. The summed E-state index contributed by atoms with van der Waals surface area (Å²) in [5.74, 6) is 0.377. The second-order valence-corrected chi connectivity index (χ2v) is 16.8. The van der Waals surface area contributed by atoms with Crippen LogP contribution < -0.4 is 9.80 Å². The first kappa shape index (κ1) is 37.5. The topological polar surface area (TPSA) is 110 Å². The van der Waals surface area contributed by atoms with Crippen molar-refractivity contribution in [1.82, 2.24) is 39.9 Å². The van der Waals surface area contributed by atoms with E-state index in [1.165, 1.54) is 32.7 Å². The minimum atomic E-state index is 0.189. The predicted octanol–water partition coefficient (Wildman–Crippen LogP) is 13.5. The van der Waals surface area contributed by atoms with Crippen LogP contribution in [0.25, 0.3) is 76.5 Å². The quantitative estimate of drug-likeness (QED) is 0.137. The van der Waals surface area contributed by atoms with Crippen LogP contribution in [0.4, 0.5) is 34.1 Å². The molecule has 0 atom stereocenters. The Kier molecular flexibility index (Phi) is 8.62. The molecule has 0 bridgehead atoms. The molecule has 10 heteroatoms. The van der Waals surface area contributed by atoms with Crippen LogP contribution in [0.1, 0.15) is 50.7 Å². The Morgan fingerprint density at radius 1 is 0.312 bits per heavy atom. The molecule has 8 heterocycles. The number of pyridine rings is 8. The van der Waals surface area contributed by atoms with Gasteiger partial charge in [0.2, 0.25) is 0 Å². The Balaban J connectivity index is 1.24. The molecule has 12 aromatic rings. The van der Waals surface area contributed by atoms with E-state index < -0.39 is 0 Å². The van der Waals surface area contributed by atoms with Gasteiger partial charge in [-0.05, 0) is 129 Å². The molecule has 0 N–H and O–H groups in total. The van der Waals surface area contributed by atoms with Crippen molar-refractivity contribution in [2.75, 3.05) is 9.80 Å². The molecule has 8 aromatic heterocycles. The summed E-state index contributed by atoms with van der Waals surface area (Å²) in [5, 5.41) is 7.02. The second kappa shape index (κ2) is 14.7. The van der Waals surface area contributed by atoms with Crippen molar-refractivity contribution in [2.24, 2.45) is 0 Å². The van der Waals surface area contributed by atoms with Gasteiger partial charge in [0.05, 0.1) is 56.2 Å². The van der Waals surface area contributed by atoms with Crippen LogP contribution in [0.3, 0.4) is 0 Å². The molecule has 64 heavy (non-hydrogen) atoms. The second-order valence-electron chi connectivity index (χ2n) is 16.8. The van der Waals surface area contributed by atoms with Crippen molar-refractivity contribution in [1.29, 1.82) is 0 Å². The number of benzene rings is 4. The number of fused-ring (bicyclic) bond motifs is 4. The molecule has 0 aliphatic rings. The van der Waals surface area contributed by atoms with E-state index in [0.717, 1.165) is 89.0 Å². The third-order valence-corrected chi connectivity index (χ3v) is 12.5. The third-order valence-electron chi connectivity index (χ3n) is 12.5. The minimum absolute atomic E-state index is 0.189. The summed E-state index contributed by atoms with van der Waals surface area (Å²) >= 11 is 0. The fraction of sp³-hybridized carbons (Fsp3) is 0.111. The van der Waals surface area contributed by atoms with Gasteiger partial charge in [-0.3, -0.25) is 39.9 Å². The lowest BCUT2D eigenvalue weighted by molar-refractivity contribution is 0.875. The van der Waals surface area contributed by atoms with E-state index in [9.17, 15) is 0 Å². The fourth-order valence-electron chi connectivity index (χ4n) is 9.70. The van der Waals surface area contributed by atoms with Crippen LogP contribution in [-0.4, -0.2) is 39.9 Å². The van der Waals surface area contributed by atoms with E-state index in [1.807, 2.05) is 98.1 Å². The van der Waals surface area contributed by atoms with E-state index in [-0.39, 0.29) is 11.8 Å². The maximum absolute atomic E-state index is 4.95. The number of aromatic nitrogens is 8. The molecule has 306 valence electrons. The zero-order valence-corrected chi connectivity index (χ0v) is 35.6. The Labute approximate surface area is 368 Å². The minimum Gasteiger partial charge on any atom is -0.305 e. The standard InChI is InChI=1S/C54H40N10/c1-31(2)37-29-47(63(43-17-25-55-39-9-5-21-59-51(39)43)44-18-26-56-40-10-6-22-60-52(40)44)35-16-14-34-38(32(3)4)30-48(36-15-13-33(37)49(35)50(34)36)64(45-19-27-57-41-11-7-23-61-53(41)45)46-20-28-58-42-12-8-24-62-54(42)46/h5-32H,1-4H3. The first-order chi connectivity index (χ1) is 31.4. The van der Waals surface area contributed by atoms with Gasteiger partial charge in [-0.1, -0.05) is 52.0 Å². The van der Waals surface area contributed by atoms with Crippen LogP contribution in [0, 0.1) is 0 Å². The lowest BCUT2D eigenvalue weighted by atomic mass is 9.84. The molecule has 0 saturated heterocycles. The van der Waals surface area contributed by atoms with Gasteiger partial charge in [-0.25, -0.2) is 0 Å². The van der Waals surface area contributed by atoms with Gasteiger partial charge in [0.1, 0.15) is 22.1 Å². The van der Waals surface area contributed by atoms with E-state index in [1.54, 1.807) is 0 Å². The largest absolute Gasteiger partial charge is 0.305 e. The summed E-state index contributed by atoms with van der Waals surface area (Å²) in [4.78, 5) is 43.5. The van der Waals surface area contributed by atoms with Crippen molar-refractivity contribution in [2.45, 2.75) is 39.5 Å². The van der Waals surface area contributed by atoms with E-state index >= 15 is 0 Å². The Morgan fingerprint density at radius 3 is 0.906 bits per heavy atom. The van der Waals surface area contributed by atoms with Crippen LogP contribution in [-0.2, 0) is 0 Å². The van der Waals surface area contributed by atoms with E-state index in [0.29, 0.717) is 0 Å². The Morgan fingerprint density at radius 2 is 0.609 bits per heavy atom. The molecule has 0 aliphatic carbocycles. The van der Waals surface area contributed by atoms with E-state index in [4.69, 9.17) is 39.9 Å². The molecular formula is C54H40N10. The zero-order chi connectivity index (χ0) is 43.1. The molecule has 0 fully saturated rings. The highest BCUT2D eigenvalue weighted by Crippen LogP contribution is 2.52. The summed E-state index contributed by atoms with van der Waals surface area (Å²) < 4.78 is 0. The van der Waals surface area contributed by atoms with Crippen LogP contribution in [0.5, 0.6) is 0 Å². The summed E-state index contributed by atoms with van der Waals surface area (Å²) in [7, 11) is 0. The number of nitrogens with zero attached hydrogens (tertiary/aromatic N) is 10. The number of anilines is 6. The van der Waals surface area contributed by atoms with Crippen molar-refractivity contribution in [3.63, 3.8) is 0 Å². The lowest BCUT2D eigenvalue weighted by Gasteiger charge is -2.32. The highest BCUT2D eigenvalue weighted by Gasteiger charge is 2.29. The molecule has 12 rings (SSSR count). The van der Waals surface area contributed by atoms with Crippen molar-refractivity contribution in [3.05, 3.63) is 170 Å². The predicted molar refractivity (Wildman–Crippen MR) is 260 cm³/mol. The summed E-state index contributed by atoms with van der Waals surface area (Å²) in [6, 6.07) is 38.0. The molecule has 0 saturated carbocycles. The molecule has 0 unspecified atom stereocenters. The maximum atomic E-state index is 4.95. The van der Waals surface area contributed by atoms with Gasteiger partial charge in [-0.2, -0.15) is 0 Å². The van der Waals surface area contributed by atoms with Gasteiger partial charge >= 0.3 is 0 Å². The first-order valence-corrected chi connectivity index (χ1v) is 21.6. The average molecular weight is 829 g/mol. The molecular weight excluding hydrogens is 789 g/mol. The van der Waals surface area contributed by atoms with Crippen molar-refractivity contribution >= 4 is 111 Å². The normalized spacial score (nSPS) is 12.0. The number of rotatable bonds is 8. The van der Waals surface area contributed by atoms with Crippen molar-refractivity contribution < 1.29 is 0 Å². The van der Waals surface area contributed by atoms with Gasteiger partial charge in [0, 0.05) is 60.3 Å². The Hall–Kier alpha value is -8.24. The van der Waals surface area contributed by atoms with Crippen LogP contribution >= 0.6 is 0 Å². The van der Waals surface area contributed by atoms with Gasteiger partial charge in [0.25, 0.3) is 0 Å². The number of hydrogen-bond acceptors (Lipinski definition) is 10. The van der Waals surface area contributed by atoms with Crippen molar-refractivity contribution in [3.8, 4) is 0 Å². The smallest absolute Gasteiger partial charge is 0.113 e. The zero-order valence-electron chi connectivity index (χ0n) is 35.6. The summed E-state index contributed by atoms with van der Waals surface area (Å²) in [6.07, 6.45) is 14.8. The SMILES string of the molecule is CC(C)c1cc(N(c2ccnc3cccnc23)c2ccnc3cccnc23)c2ccc3c(C(C)C)cc(N(c4ccnc5cccnc45)c4ccnc5cccnc45)c4ccc1c2c34. The molecule has 0 radical (unpaired) electrons.